The van der Waals surface area contributed by atoms with E-state index in [1.165, 1.54) is 4.90 Å². The van der Waals surface area contributed by atoms with Crippen LogP contribution in [0.3, 0.4) is 0 Å². The molecule has 4 unspecified atom stereocenters. The van der Waals surface area contributed by atoms with Crippen molar-refractivity contribution in [3.05, 3.63) is 102 Å². The van der Waals surface area contributed by atoms with Crippen LogP contribution < -0.4 is 10.2 Å². The number of hydrogen-bond acceptors (Lipinski definition) is 4. The lowest BCUT2D eigenvalue weighted by Crippen LogP contribution is -2.46. The molecule has 3 aliphatic heterocycles. The Hall–Kier alpha value is -4.19. The zero-order chi connectivity index (χ0) is 23.4. The van der Waals surface area contributed by atoms with Gasteiger partial charge in [0.05, 0.1) is 23.6 Å². The van der Waals surface area contributed by atoms with Crippen molar-refractivity contribution in [2.75, 3.05) is 10.2 Å². The van der Waals surface area contributed by atoms with E-state index >= 15 is 0 Å². The van der Waals surface area contributed by atoms with E-state index in [9.17, 15) is 14.4 Å². The summed E-state index contributed by atoms with van der Waals surface area (Å²) in [7, 11) is 0. The van der Waals surface area contributed by atoms with Crippen LogP contribution in [-0.4, -0.2) is 28.7 Å². The van der Waals surface area contributed by atoms with Crippen molar-refractivity contribution in [2.24, 2.45) is 11.8 Å². The van der Waals surface area contributed by atoms with Gasteiger partial charge < -0.3 is 10.2 Å². The van der Waals surface area contributed by atoms with Gasteiger partial charge in [0, 0.05) is 11.9 Å². The van der Waals surface area contributed by atoms with Gasteiger partial charge in [-0.2, -0.15) is 0 Å². The van der Waals surface area contributed by atoms with Crippen LogP contribution in [0.25, 0.3) is 6.08 Å². The number of amides is 3. The number of carbonyl (C=O) groups is 3. The molecule has 3 amide bonds. The molecule has 6 nitrogen and oxygen atoms in total. The number of aryl methyl sites for hydroxylation is 1. The molecule has 1 N–H and O–H groups in total. The van der Waals surface area contributed by atoms with Crippen molar-refractivity contribution in [1.29, 1.82) is 0 Å². The van der Waals surface area contributed by atoms with Crippen LogP contribution in [0.5, 0.6) is 0 Å². The summed E-state index contributed by atoms with van der Waals surface area (Å²) in [5, 5.41) is 2.95. The molecule has 3 aromatic rings. The Morgan fingerprint density at radius 2 is 1.50 bits per heavy atom. The van der Waals surface area contributed by atoms with Crippen LogP contribution in [0.1, 0.15) is 22.7 Å². The summed E-state index contributed by atoms with van der Waals surface area (Å²) in [4.78, 5) is 44.3. The number of nitrogens with one attached hydrogen (secondary N) is 1. The highest BCUT2D eigenvalue weighted by molar-refractivity contribution is 6.24. The molecule has 2 fully saturated rings. The molecule has 6 rings (SSSR count). The SMILES string of the molecule is Cc1ccc(N2C(=O)C3C(C2=O)C2c4ccccc4C=CN2C3C(=O)Nc2ccccc2)cc1. The average Bonchev–Trinajstić information content (AvgIpc) is 3.33. The zero-order valence-electron chi connectivity index (χ0n) is 18.6. The van der Waals surface area contributed by atoms with Gasteiger partial charge in [0.2, 0.25) is 17.7 Å². The number of para-hydroxylation sites is 1. The molecule has 0 aromatic heterocycles. The fourth-order valence-corrected chi connectivity index (χ4v) is 5.54. The first-order valence-electron chi connectivity index (χ1n) is 11.4. The maximum absolute atomic E-state index is 13.8. The van der Waals surface area contributed by atoms with Gasteiger partial charge >= 0.3 is 0 Å². The van der Waals surface area contributed by atoms with E-state index in [2.05, 4.69) is 5.32 Å². The van der Waals surface area contributed by atoms with Gasteiger partial charge in [0.1, 0.15) is 6.04 Å². The number of imide groups is 1. The van der Waals surface area contributed by atoms with E-state index in [1.54, 1.807) is 12.1 Å². The van der Waals surface area contributed by atoms with E-state index in [1.807, 2.05) is 90.8 Å². The zero-order valence-corrected chi connectivity index (χ0v) is 18.6. The van der Waals surface area contributed by atoms with Crippen molar-refractivity contribution in [3.63, 3.8) is 0 Å². The molecule has 0 saturated carbocycles. The number of benzene rings is 3. The van der Waals surface area contributed by atoms with Crippen LogP contribution in [0.15, 0.2) is 85.1 Å². The first-order chi connectivity index (χ1) is 16.5. The average molecular weight is 450 g/mol. The minimum absolute atomic E-state index is 0.256. The van der Waals surface area contributed by atoms with Gasteiger partial charge in [-0.25, -0.2) is 4.90 Å². The highest BCUT2D eigenvalue weighted by atomic mass is 16.2. The highest BCUT2D eigenvalue weighted by Gasteiger charge is 2.64. The summed E-state index contributed by atoms with van der Waals surface area (Å²) in [5.74, 6) is -2.30. The Kier molecular flexibility index (Phi) is 4.62. The van der Waals surface area contributed by atoms with E-state index in [4.69, 9.17) is 0 Å². The van der Waals surface area contributed by atoms with Gasteiger partial charge in [0.25, 0.3) is 0 Å². The maximum Gasteiger partial charge on any atom is 0.247 e. The predicted octanol–water partition coefficient (Wildman–Crippen LogP) is 4.15. The van der Waals surface area contributed by atoms with Gasteiger partial charge in [0.15, 0.2) is 0 Å². The van der Waals surface area contributed by atoms with Crippen LogP contribution in [0.4, 0.5) is 11.4 Å². The number of fused-ring (bicyclic) bond motifs is 5. The number of rotatable bonds is 3. The van der Waals surface area contributed by atoms with E-state index in [0.29, 0.717) is 11.4 Å². The van der Waals surface area contributed by atoms with Crippen LogP contribution >= 0.6 is 0 Å². The van der Waals surface area contributed by atoms with Gasteiger partial charge in [-0.05, 0) is 48.4 Å². The largest absolute Gasteiger partial charge is 0.357 e. The number of nitrogens with zero attached hydrogens (tertiary/aromatic N) is 2. The lowest BCUT2D eigenvalue weighted by atomic mass is 9.84. The highest BCUT2D eigenvalue weighted by Crippen LogP contribution is 2.53. The van der Waals surface area contributed by atoms with Crippen molar-refractivity contribution < 1.29 is 14.4 Å². The van der Waals surface area contributed by atoms with Crippen molar-refractivity contribution in [2.45, 2.75) is 19.0 Å². The first kappa shape index (κ1) is 20.4. The number of carbonyl (C=O) groups excluding carboxylic acids is 3. The molecule has 4 atom stereocenters. The second-order valence-corrected chi connectivity index (χ2v) is 9.04. The lowest BCUT2D eigenvalue weighted by molar-refractivity contribution is -0.128. The Morgan fingerprint density at radius 3 is 2.26 bits per heavy atom. The summed E-state index contributed by atoms with van der Waals surface area (Å²) in [6, 6.07) is 23.2. The summed E-state index contributed by atoms with van der Waals surface area (Å²) in [5.41, 5.74) is 4.20. The Morgan fingerprint density at radius 1 is 0.824 bits per heavy atom. The topological polar surface area (TPSA) is 69.7 Å². The maximum atomic E-state index is 13.8. The molecule has 0 bridgehead atoms. The minimum atomic E-state index is -0.799. The Balaban J connectivity index is 1.45. The molecular formula is C28H23N3O3. The Labute approximate surface area is 197 Å². The van der Waals surface area contributed by atoms with Crippen LogP contribution in [0, 0.1) is 18.8 Å². The van der Waals surface area contributed by atoms with Crippen molar-refractivity contribution >= 4 is 35.2 Å². The summed E-state index contributed by atoms with van der Waals surface area (Å²) in [6.07, 6.45) is 3.81. The molecule has 0 aliphatic carbocycles. The molecule has 0 spiro atoms. The summed E-state index contributed by atoms with van der Waals surface area (Å²) >= 11 is 0. The van der Waals surface area contributed by atoms with Gasteiger partial charge in [-0.1, -0.05) is 60.2 Å². The van der Waals surface area contributed by atoms with E-state index in [-0.39, 0.29) is 23.8 Å². The van der Waals surface area contributed by atoms with Crippen LogP contribution in [-0.2, 0) is 14.4 Å². The molecule has 6 heteroatoms. The fourth-order valence-electron chi connectivity index (χ4n) is 5.54. The third kappa shape index (κ3) is 2.99. The predicted molar refractivity (Wildman–Crippen MR) is 130 cm³/mol. The van der Waals surface area contributed by atoms with Crippen molar-refractivity contribution in [1.82, 2.24) is 4.90 Å². The van der Waals surface area contributed by atoms with E-state index < -0.39 is 17.9 Å². The number of anilines is 2. The quantitative estimate of drug-likeness (QED) is 0.610. The Bertz CT molecular complexity index is 1330. The molecule has 2 saturated heterocycles. The molecule has 3 aromatic carbocycles. The smallest absolute Gasteiger partial charge is 0.247 e. The third-order valence-electron chi connectivity index (χ3n) is 7.06. The molecular weight excluding hydrogens is 426 g/mol. The molecule has 3 heterocycles. The minimum Gasteiger partial charge on any atom is -0.357 e. The van der Waals surface area contributed by atoms with Gasteiger partial charge in [-0.3, -0.25) is 14.4 Å². The van der Waals surface area contributed by atoms with E-state index in [0.717, 1.165) is 16.7 Å². The summed E-state index contributed by atoms with van der Waals surface area (Å²) < 4.78 is 0. The lowest BCUT2D eigenvalue weighted by Gasteiger charge is -2.35. The molecule has 3 aliphatic rings. The number of hydrogen-bond donors (Lipinski definition) is 1. The molecule has 168 valence electrons. The fraction of sp³-hybridized carbons (Fsp3) is 0.179. The monoisotopic (exact) mass is 449 g/mol. The molecule has 0 radical (unpaired) electrons. The third-order valence-corrected chi connectivity index (χ3v) is 7.06. The van der Waals surface area contributed by atoms with Gasteiger partial charge in [-0.15, -0.1) is 0 Å². The second kappa shape index (κ2) is 7.70. The first-order valence-corrected chi connectivity index (χ1v) is 11.4. The second-order valence-electron chi connectivity index (χ2n) is 9.04. The standard InChI is InChI=1S/C28H23N3O3/c1-17-11-13-20(14-12-17)31-27(33)22-23(28(31)34)25(26(32)29-19-8-3-2-4-9-19)30-16-15-18-7-5-6-10-21(18)24(22)30/h2-16,22-25H,1H3,(H,29,32). The van der Waals surface area contributed by atoms with Crippen LogP contribution in [0.2, 0.25) is 0 Å². The summed E-state index contributed by atoms with van der Waals surface area (Å²) in [6.45, 7) is 1.96. The molecule has 34 heavy (non-hydrogen) atoms. The normalized spacial score (nSPS) is 24.6. The van der Waals surface area contributed by atoms with Crippen molar-refractivity contribution in [3.8, 4) is 0 Å².